The summed E-state index contributed by atoms with van der Waals surface area (Å²) in [5.74, 6) is -0.473. The zero-order valence-corrected chi connectivity index (χ0v) is 14.1. The Kier molecular flexibility index (Phi) is 4.94. The molecule has 0 aliphatic heterocycles. The molecule has 1 N–H and O–H groups in total. The molecular formula is C14H17N3O3S2. The first-order valence-electron chi connectivity index (χ1n) is 6.61. The van der Waals surface area contributed by atoms with Crippen molar-refractivity contribution in [1.82, 2.24) is 9.29 Å². The Morgan fingerprint density at radius 1 is 1.36 bits per heavy atom. The molecule has 0 aliphatic rings. The van der Waals surface area contributed by atoms with Gasteiger partial charge in [-0.15, -0.1) is 11.3 Å². The smallest absolute Gasteiger partial charge is 0.279 e. The summed E-state index contributed by atoms with van der Waals surface area (Å²) in [5, 5.41) is 1.82. The Morgan fingerprint density at radius 2 is 2.09 bits per heavy atom. The molecule has 0 saturated heterocycles. The highest BCUT2D eigenvalue weighted by Crippen LogP contribution is 2.13. The van der Waals surface area contributed by atoms with Crippen LogP contribution >= 0.6 is 11.3 Å². The minimum absolute atomic E-state index is 0.0535. The fraction of sp³-hybridized carbons (Fsp3) is 0.286. The highest BCUT2D eigenvalue weighted by atomic mass is 32.2. The van der Waals surface area contributed by atoms with Gasteiger partial charge in [-0.25, -0.2) is 13.1 Å². The molecule has 0 aliphatic carbocycles. The molecule has 6 nitrogen and oxygen atoms in total. The van der Waals surface area contributed by atoms with E-state index in [0.717, 1.165) is 0 Å². The van der Waals surface area contributed by atoms with Crippen molar-refractivity contribution in [2.45, 2.75) is 24.8 Å². The molecule has 2 aromatic rings. The lowest BCUT2D eigenvalue weighted by Crippen LogP contribution is -2.30. The van der Waals surface area contributed by atoms with E-state index in [0.29, 0.717) is 4.80 Å². The Labute approximate surface area is 133 Å². The largest absolute Gasteiger partial charge is 0.327 e. The minimum atomic E-state index is -3.63. The van der Waals surface area contributed by atoms with Gasteiger partial charge in [0.2, 0.25) is 10.0 Å². The maximum absolute atomic E-state index is 12.2. The molecule has 1 amide bonds. The third-order valence-corrected chi connectivity index (χ3v) is 5.24. The predicted molar refractivity (Wildman–Crippen MR) is 85.1 cm³/mol. The fourth-order valence-corrected chi connectivity index (χ4v) is 3.79. The number of thiazole rings is 1. The van der Waals surface area contributed by atoms with E-state index < -0.39 is 15.9 Å². The van der Waals surface area contributed by atoms with Crippen molar-refractivity contribution in [3.63, 3.8) is 0 Å². The average Bonchev–Trinajstić information content (AvgIpc) is 2.83. The van der Waals surface area contributed by atoms with Crippen LogP contribution in [0.5, 0.6) is 0 Å². The van der Waals surface area contributed by atoms with E-state index in [9.17, 15) is 13.2 Å². The lowest BCUT2D eigenvalue weighted by molar-refractivity contribution is 0.0997. The van der Waals surface area contributed by atoms with Crippen LogP contribution < -0.4 is 9.52 Å². The lowest BCUT2D eigenvalue weighted by Gasteiger charge is -2.09. The van der Waals surface area contributed by atoms with Gasteiger partial charge in [0, 0.05) is 30.2 Å². The summed E-state index contributed by atoms with van der Waals surface area (Å²) in [4.78, 5) is 16.8. The van der Waals surface area contributed by atoms with Crippen molar-refractivity contribution < 1.29 is 13.2 Å². The number of carbonyl (C=O) groups excluding carboxylic acids is 1. The number of hydrogen-bond donors (Lipinski definition) is 1. The molecule has 118 valence electrons. The highest BCUT2D eigenvalue weighted by molar-refractivity contribution is 7.89. The summed E-state index contributed by atoms with van der Waals surface area (Å²) in [5.41, 5.74) is 0.236. The van der Waals surface area contributed by atoms with Crippen molar-refractivity contribution in [1.29, 1.82) is 0 Å². The molecule has 0 bridgehead atoms. The molecule has 0 saturated carbocycles. The van der Waals surface area contributed by atoms with Gasteiger partial charge in [-0.05, 0) is 32.0 Å². The third-order valence-electron chi connectivity index (χ3n) is 2.74. The highest BCUT2D eigenvalue weighted by Gasteiger charge is 2.17. The van der Waals surface area contributed by atoms with Gasteiger partial charge in [-0.3, -0.25) is 4.79 Å². The SMILES string of the molecule is CC(C)NS(=O)(=O)c1cccc(C(=O)N=c2sccn2C)c1. The van der Waals surface area contributed by atoms with Crippen LogP contribution in [-0.2, 0) is 17.1 Å². The molecule has 1 heterocycles. The normalized spacial score (nSPS) is 12.8. The number of amides is 1. The van der Waals surface area contributed by atoms with Crippen LogP contribution in [0, 0.1) is 0 Å². The van der Waals surface area contributed by atoms with E-state index in [1.807, 2.05) is 5.38 Å². The van der Waals surface area contributed by atoms with Gasteiger partial charge in [0.15, 0.2) is 4.80 Å². The first kappa shape index (κ1) is 16.6. The monoisotopic (exact) mass is 339 g/mol. The molecular weight excluding hydrogens is 322 g/mol. The number of sulfonamides is 1. The summed E-state index contributed by atoms with van der Waals surface area (Å²) < 4.78 is 28.5. The molecule has 22 heavy (non-hydrogen) atoms. The van der Waals surface area contributed by atoms with Gasteiger partial charge in [0.05, 0.1) is 4.90 Å². The molecule has 0 spiro atoms. The van der Waals surface area contributed by atoms with Crippen LogP contribution in [0.3, 0.4) is 0 Å². The molecule has 0 fully saturated rings. The maximum Gasteiger partial charge on any atom is 0.279 e. The van der Waals surface area contributed by atoms with Gasteiger partial charge >= 0.3 is 0 Å². The Bertz CT molecular complexity index is 848. The van der Waals surface area contributed by atoms with Gasteiger partial charge < -0.3 is 4.57 Å². The summed E-state index contributed by atoms with van der Waals surface area (Å²) in [6, 6.07) is 5.65. The van der Waals surface area contributed by atoms with Gasteiger partial charge in [0.1, 0.15) is 0 Å². The van der Waals surface area contributed by atoms with E-state index in [1.165, 1.54) is 29.5 Å². The van der Waals surface area contributed by atoms with Crippen molar-refractivity contribution in [2.24, 2.45) is 12.0 Å². The van der Waals surface area contributed by atoms with Gasteiger partial charge in [-0.2, -0.15) is 4.99 Å². The number of aryl methyl sites for hydroxylation is 1. The van der Waals surface area contributed by atoms with Gasteiger partial charge in [0.25, 0.3) is 5.91 Å². The van der Waals surface area contributed by atoms with Crippen LogP contribution in [0.4, 0.5) is 0 Å². The Hall–Kier alpha value is -1.77. The Balaban J connectivity index is 2.37. The van der Waals surface area contributed by atoms with Crippen LogP contribution in [0.1, 0.15) is 24.2 Å². The zero-order chi connectivity index (χ0) is 16.3. The molecule has 0 radical (unpaired) electrons. The minimum Gasteiger partial charge on any atom is -0.327 e. The van der Waals surface area contributed by atoms with Crippen LogP contribution in [0.15, 0.2) is 45.7 Å². The first-order valence-corrected chi connectivity index (χ1v) is 8.97. The second-order valence-corrected chi connectivity index (χ2v) is 7.60. The summed E-state index contributed by atoms with van der Waals surface area (Å²) >= 11 is 1.34. The second kappa shape index (κ2) is 6.55. The third kappa shape index (κ3) is 3.90. The number of rotatable bonds is 4. The van der Waals surface area contributed by atoms with E-state index in [1.54, 1.807) is 37.7 Å². The predicted octanol–water partition coefficient (Wildman–Crippen LogP) is 1.51. The van der Waals surface area contributed by atoms with Crippen molar-refractivity contribution in [3.05, 3.63) is 46.2 Å². The van der Waals surface area contributed by atoms with Crippen molar-refractivity contribution in [3.8, 4) is 0 Å². The molecule has 1 aromatic heterocycles. The average molecular weight is 339 g/mol. The van der Waals surface area contributed by atoms with E-state index in [4.69, 9.17) is 0 Å². The number of benzene rings is 1. The molecule has 1 aromatic carbocycles. The van der Waals surface area contributed by atoms with Crippen LogP contribution in [-0.4, -0.2) is 24.9 Å². The molecule has 8 heteroatoms. The second-order valence-electron chi connectivity index (χ2n) is 5.02. The molecule has 2 rings (SSSR count). The van der Waals surface area contributed by atoms with E-state index in [2.05, 4.69) is 9.71 Å². The Morgan fingerprint density at radius 3 is 2.68 bits per heavy atom. The van der Waals surface area contributed by atoms with Gasteiger partial charge in [-0.1, -0.05) is 6.07 Å². The summed E-state index contributed by atoms with van der Waals surface area (Å²) in [6.45, 7) is 3.47. The maximum atomic E-state index is 12.2. The standard InChI is InChI=1S/C14H17N3O3S2/c1-10(2)16-22(19,20)12-6-4-5-11(9-12)13(18)15-14-17(3)7-8-21-14/h4-10,16H,1-3H3. The number of nitrogens with one attached hydrogen (secondary N) is 1. The van der Waals surface area contributed by atoms with E-state index in [-0.39, 0.29) is 16.5 Å². The number of hydrogen-bond acceptors (Lipinski definition) is 4. The number of nitrogens with zero attached hydrogens (tertiary/aromatic N) is 2. The van der Waals surface area contributed by atoms with Crippen molar-refractivity contribution in [2.75, 3.05) is 0 Å². The zero-order valence-electron chi connectivity index (χ0n) is 12.5. The topological polar surface area (TPSA) is 80.5 Å². The van der Waals surface area contributed by atoms with Crippen LogP contribution in [0.25, 0.3) is 0 Å². The van der Waals surface area contributed by atoms with Crippen molar-refractivity contribution >= 4 is 27.3 Å². The summed E-state index contributed by atoms with van der Waals surface area (Å²) in [6.07, 6.45) is 1.80. The molecule has 0 unspecified atom stereocenters. The summed E-state index contributed by atoms with van der Waals surface area (Å²) in [7, 11) is -1.84. The fourth-order valence-electron chi connectivity index (χ4n) is 1.76. The van der Waals surface area contributed by atoms with E-state index >= 15 is 0 Å². The van der Waals surface area contributed by atoms with Crippen LogP contribution in [0.2, 0.25) is 0 Å². The number of aromatic nitrogens is 1. The number of carbonyl (C=O) groups is 1. The quantitative estimate of drug-likeness (QED) is 0.917. The first-order chi connectivity index (χ1) is 10.3. The molecule has 0 atom stereocenters. The lowest BCUT2D eigenvalue weighted by atomic mass is 10.2.